The zero-order chi connectivity index (χ0) is 25.8. The van der Waals surface area contributed by atoms with Crippen molar-refractivity contribution < 1.29 is 38.1 Å². The quantitative estimate of drug-likeness (QED) is 0.239. The van der Waals surface area contributed by atoms with Crippen LogP contribution in [0, 0.1) is 5.92 Å². The van der Waals surface area contributed by atoms with Gasteiger partial charge in [0.25, 0.3) is 0 Å². The second-order valence-corrected chi connectivity index (χ2v) is 7.26. The minimum Gasteiger partial charge on any atom is -0.493 e. The highest BCUT2D eigenvalue weighted by atomic mass is 16.5. The van der Waals surface area contributed by atoms with Crippen LogP contribution in [0.15, 0.2) is 48.6 Å². The third-order valence-electron chi connectivity index (χ3n) is 5.06. The summed E-state index contributed by atoms with van der Waals surface area (Å²) in [6.07, 6.45) is 5.28. The largest absolute Gasteiger partial charge is 0.493 e. The minimum absolute atomic E-state index is 0.150. The van der Waals surface area contributed by atoms with Crippen LogP contribution in [0.4, 0.5) is 0 Å². The van der Waals surface area contributed by atoms with Gasteiger partial charge in [-0.2, -0.15) is 0 Å². The normalized spacial score (nSPS) is 11.0. The maximum atomic E-state index is 12.9. The number of carbonyl (C=O) groups is 3. The molecule has 0 spiro atoms. The number of ketones is 2. The Labute approximate surface area is 205 Å². The number of ether oxygens (including phenoxy) is 5. The summed E-state index contributed by atoms with van der Waals surface area (Å²) in [4.78, 5) is 37.9. The summed E-state index contributed by atoms with van der Waals surface area (Å²) >= 11 is 0. The van der Waals surface area contributed by atoms with Crippen molar-refractivity contribution in [2.24, 2.45) is 5.92 Å². The molecule has 0 aliphatic rings. The van der Waals surface area contributed by atoms with Crippen molar-refractivity contribution >= 4 is 29.7 Å². The molecule has 8 heteroatoms. The minimum atomic E-state index is -1.22. The van der Waals surface area contributed by atoms with Crippen molar-refractivity contribution in [2.75, 3.05) is 35.0 Å². The fourth-order valence-corrected chi connectivity index (χ4v) is 3.23. The second-order valence-electron chi connectivity index (χ2n) is 7.26. The van der Waals surface area contributed by atoms with E-state index in [1.54, 1.807) is 55.5 Å². The predicted octanol–water partition coefficient (Wildman–Crippen LogP) is 4.16. The topological polar surface area (TPSA) is 97.4 Å². The third-order valence-corrected chi connectivity index (χ3v) is 5.06. The van der Waals surface area contributed by atoms with E-state index >= 15 is 0 Å². The number of benzene rings is 2. The van der Waals surface area contributed by atoms with Crippen molar-refractivity contribution in [1.82, 2.24) is 0 Å². The number of rotatable bonds is 13. The van der Waals surface area contributed by atoms with Crippen LogP contribution in [-0.2, 0) is 19.1 Å². The van der Waals surface area contributed by atoms with E-state index in [0.717, 1.165) is 0 Å². The molecule has 0 aliphatic heterocycles. The molecule has 8 nitrogen and oxygen atoms in total. The molecule has 0 saturated carbocycles. The van der Waals surface area contributed by atoms with Crippen molar-refractivity contribution in [3.05, 3.63) is 59.7 Å². The molecular weight excluding hydrogens is 452 g/mol. The monoisotopic (exact) mass is 482 g/mol. The molecule has 35 heavy (non-hydrogen) atoms. The lowest BCUT2D eigenvalue weighted by Crippen LogP contribution is -2.25. The molecule has 0 N–H and O–H groups in total. The second kappa shape index (κ2) is 13.6. The zero-order valence-electron chi connectivity index (χ0n) is 20.5. The molecule has 0 atom stereocenters. The van der Waals surface area contributed by atoms with E-state index in [1.807, 2.05) is 0 Å². The van der Waals surface area contributed by atoms with Crippen LogP contribution in [0.5, 0.6) is 23.0 Å². The first-order chi connectivity index (χ1) is 16.9. The molecular formula is C27H30O8. The first-order valence-electron chi connectivity index (χ1n) is 10.9. The molecule has 2 aromatic rings. The van der Waals surface area contributed by atoms with Crippen LogP contribution in [0.1, 0.15) is 24.5 Å². The first-order valence-corrected chi connectivity index (χ1v) is 10.9. The van der Waals surface area contributed by atoms with Crippen LogP contribution in [0.25, 0.3) is 12.2 Å². The molecule has 186 valence electrons. The van der Waals surface area contributed by atoms with Gasteiger partial charge in [0, 0.05) is 0 Å². The molecule has 0 saturated heterocycles. The maximum Gasteiger partial charge on any atom is 0.306 e. The molecule has 2 rings (SSSR count). The van der Waals surface area contributed by atoms with Crippen LogP contribution in [-0.4, -0.2) is 52.6 Å². The van der Waals surface area contributed by atoms with Gasteiger partial charge in [-0.05, 0) is 54.5 Å². The highest BCUT2D eigenvalue weighted by Crippen LogP contribution is 2.29. The molecule has 0 bridgehead atoms. The maximum absolute atomic E-state index is 12.9. The Morgan fingerprint density at radius 3 is 1.51 bits per heavy atom. The van der Waals surface area contributed by atoms with Gasteiger partial charge < -0.3 is 23.7 Å². The van der Waals surface area contributed by atoms with Crippen LogP contribution < -0.4 is 18.9 Å². The average Bonchev–Trinajstić information content (AvgIpc) is 2.88. The van der Waals surface area contributed by atoms with Crippen LogP contribution in [0.2, 0.25) is 0 Å². The van der Waals surface area contributed by atoms with Gasteiger partial charge in [0.15, 0.2) is 34.6 Å². The standard InChI is InChI=1S/C27H30O8/c1-6-35-27(30)17-20(21(28)11-7-18-9-13-23(31-2)25(15-18)33-4)22(29)12-8-19-10-14-24(32-3)26(16-19)34-5/h7-16,20H,6,17H2,1-5H3/b11-7+,12-8+. The Morgan fingerprint density at radius 2 is 1.14 bits per heavy atom. The fourth-order valence-electron chi connectivity index (χ4n) is 3.23. The Hall–Kier alpha value is -4.07. The Balaban J connectivity index is 2.26. The average molecular weight is 483 g/mol. The highest BCUT2D eigenvalue weighted by molar-refractivity contribution is 6.15. The van der Waals surface area contributed by atoms with Gasteiger partial charge in [-0.1, -0.05) is 24.3 Å². The SMILES string of the molecule is CCOC(=O)CC(C(=O)/C=C/c1ccc(OC)c(OC)c1)C(=O)/C=C/c1ccc(OC)c(OC)c1. The molecule has 2 aromatic carbocycles. The molecule has 0 aliphatic carbocycles. The van der Waals surface area contributed by atoms with Gasteiger partial charge in [-0.25, -0.2) is 0 Å². The molecule has 0 aromatic heterocycles. The number of esters is 1. The zero-order valence-corrected chi connectivity index (χ0v) is 20.5. The molecule has 0 amide bonds. The van der Waals surface area contributed by atoms with E-state index in [4.69, 9.17) is 23.7 Å². The molecule has 0 heterocycles. The van der Waals surface area contributed by atoms with Crippen LogP contribution >= 0.6 is 0 Å². The van der Waals surface area contributed by atoms with E-state index in [0.29, 0.717) is 34.1 Å². The van der Waals surface area contributed by atoms with Gasteiger partial charge >= 0.3 is 5.97 Å². The first kappa shape index (κ1) is 27.2. The lowest BCUT2D eigenvalue weighted by Gasteiger charge is -2.11. The van der Waals surface area contributed by atoms with Crippen molar-refractivity contribution in [3.8, 4) is 23.0 Å². The van der Waals surface area contributed by atoms with E-state index in [-0.39, 0.29) is 13.0 Å². The van der Waals surface area contributed by atoms with Crippen LogP contribution in [0.3, 0.4) is 0 Å². The van der Waals surface area contributed by atoms with E-state index in [2.05, 4.69) is 0 Å². The number of hydrogen-bond donors (Lipinski definition) is 0. The lowest BCUT2D eigenvalue weighted by molar-refractivity contribution is -0.147. The Bertz CT molecular complexity index is 1020. The summed E-state index contributed by atoms with van der Waals surface area (Å²) < 4.78 is 25.9. The smallest absolute Gasteiger partial charge is 0.306 e. The van der Waals surface area contributed by atoms with Gasteiger partial charge in [-0.3, -0.25) is 14.4 Å². The van der Waals surface area contributed by atoms with Crippen molar-refractivity contribution in [2.45, 2.75) is 13.3 Å². The highest BCUT2D eigenvalue weighted by Gasteiger charge is 2.26. The fraction of sp³-hybridized carbons (Fsp3) is 0.296. The van der Waals surface area contributed by atoms with Gasteiger partial charge in [0.2, 0.25) is 0 Å². The van der Waals surface area contributed by atoms with Gasteiger partial charge in [-0.15, -0.1) is 0 Å². The third kappa shape index (κ3) is 7.74. The summed E-state index contributed by atoms with van der Waals surface area (Å²) in [5.74, 6) is -0.791. The van der Waals surface area contributed by atoms with Crippen molar-refractivity contribution in [1.29, 1.82) is 0 Å². The molecule has 0 radical (unpaired) electrons. The summed E-state index contributed by atoms with van der Waals surface area (Å²) in [6, 6.07) is 10.3. The lowest BCUT2D eigenvalue weighted by atomic mass is 9.93. The Morgan fingerprint density at radius 1 is 0.714 bits per heavy atom. The van der Waals surface area contributed by atoms with E-state index in [9.17, 15) is 14.4 Å². The summed E-state index contributed by atoms with van der Waals surface area (Å²) in [5.41, 5.74) is 1.33. The van der Waals surface area contributed by atoms with E-state index < -0.39 is 23.5 Å². The van der Waals surface area contributed by atoms with Gasteiger partial charge in [0.05, 0.1) is 47.4 Å². The Kier molecular flexibility index (Phi) is 10.6. The summed E-state index contributed by atoms with van der Waals surface area (Å²) in [7, 11) is 6.07. The van der Waals surface area contributed by atoms with Gasteiger partial charge in [0.1, 0.15) is 0 Å². The predicted molar refractivity (Wildman–Crippen MR) is 132 cm³/mol. The summed E-state index contributed by atoms with van der Waals surface area (Å²) in [6.45, 7) is 1.81. The number of allylic oxidation sites excluding steroid dienone is 2. The number of hydrogen-bond acceptors (Lipinski definition) is 8. The number of methoxy groups -OCH3 is 4. The molecule has 0 fully saturated rings. The van der Waals surface area contributed by atoms with E-state index in [1.165, 1.54) is 40.6 Å². The molecule has 0 unspecified atom stereocenters. The summed E-state index contributed by atoms with van der Waals surface area (Å²) in [5, 5.41) is 0. The van der Waals surface area contributed by atoms with Crippen molar-refractivity contribution in [3.63, 3.8) is 0 Å². The number of carbonyl (C=O) groups excluding carboxylic acids is 3.